The van der Waals surface area contributed by atoms with Crippen LogP contribution in [0.25, 0.3) is 11.0 Å². The second-order valence-corrected chi connectivity index (χ2v) is 5.55. The van der Waals surface area contributed by atoms with E-state index in [1.54, 1.807) is 0 Å². The van der Waals surface area contributed by atoms with E-state index >= 15 is 0 Å². The number of halogens is 2. The standard InChI is InChI=1S/C12H14ClFN4O3/c1-12(14)8(20)6(3-19)21-11(12)18-2-5(13)7-9(15)16-4-17-10(7)18/h2,4,6,8,11,19-20H,3H2,1H3,(H2,15,16,17)/t6-,8-,11-,12-/m1/s1. The van der Waals surface area contributed by atoms with E-state index in [2.05, 4.69) is 9.97 Å². The number of nitrogens with two attached hydrogens (primary N) is 1. The Labute approximate surface area is 124 Å². The van der Waals surface area contributed by atoms with Gasteiger partial charge in [0.2, 0.25) is 0 Å². The highest BCUT2D eigenvalue weighted by atomic mass is 35.5. The number of ether oxygens (including phenoxy) is 1. The lowest BCUT2D eigenvalue weighted by molar-refractivity contribution is -0.0564. The molecule has 4 N–H and O–H groups in total. The van der Waals surface area contributed by atoms with Crippen LogP contribution in [0, 0.1) is 0 Å². The van der Waals surface area contributed by atoms with Gasteiger partial charge in [-0.05, 0) is 6.92 Å². The molecule has 0 radical (unpaired) electrons. The third-order valence-electron chi connectivity index (χ3n) is 3.74. The molecule has 7 nitrogen and oxygen atoms in total. The van der Waals surface area contributed by atoms with Crippen molar-refractivity contribution in [2.24, 2.45) is 0 Å². The first kappa shape index (κ1) is 14.5. The van der Waals surface area contributed by atoms with E-state index in [1.807, 2.05) is 0 Å². The first-order chi connectivity index (χ1) is 9.87. The highest BCUT2D eigenvalue weighted by Gasteiger charge is 2.55. The van der Waals surface area contributed by atoms with Crippen LogP contribution in [-0.2, 0) is 4.74 Å². The Morgan fingerprint density at radius 2 is 2.29 bits per heavy atom. The summed E-state index contributed by atoms with van der Waals surface area (Å²) in [6, 6.07) is 0. The fourth-order valence-electron chi connectivity index (χ4n) is 2.60. The summed E-state index contributed by atoms with van der Waals surface area (Å²) < 4.78 is 21.6. The molecule has 0 bridgehead atoms. The van der Waals surface area contributed by atoms with Gasteiger partial charge in [0.25, 0.3) is 0 Å². The van der Waals surface area contributed by atoms with Gasteiger partial charge in [0.1, 0.15) is 30.0 Å². The average molecular weight is 317 g/mol. The molecular weight excluding hydrogens is 303 g/mol. The number of nitrogens with zero attached hydrogens (tertiary/aromatic N) is 3. The van der Waals surface area contributed by atoms with Crippen LogP contribution in [0.3, 0.4) is 0 Å². The molecule has 0 amide bonds. The number of nitrogen functional groups attached to an aromatic ring is 1. The zero-order chi connectivity index (χ0) is 15.4. The normalized spacial score (nSPS) is 32.9. The van der Waals surface area contributed by atoms with Crippen LogP contribution in [0.15, 0.2) is 12.5 Å². The van der Waals surface area contributed by atoms with Crippen molar-refractivity contribution < 1.29 is 19.3 Å². The molecule has 0 unspecified atom stereocenters. The van der Waals surface area contributed by atoms with E-state index in [9.17, 15) is 9.50 Å². The molecule has 0 spiro atoms. The zero-order valence-corrected chi connectivity index (χ0v) is 11.8. The number of hydrogen-bond donors (Lipinski definition) is 3. The van der Waals surface area contributed by atoms with Crippen LogP contribution < -0.4 is 5.73 Å². The maximum Gasteiger partial charge on any atom is 0.181 e. The maximum atomic E-state index is 14.8. The molecule has 2 aromatic rings. The molecule has 0 saturated carbocycles. The highest BCUT2D eigenvalue weighted by molar-refractivity contribution is 6.36. The van der Waals surface area contributed by atoms with E-state index in [-0.39, 0.29) is 10.8 Å². The molecule has 3 heterocycles. The largest absolute Gasteiger partial charge is 0.394 e. The SMILES string of the molecule is C[C@@]1(F)[C@H](O)[C@@H](CO)O[C@H]1n1cc(Cl)c2c(N)ncnc21. The third-order valence-corrected chi connectivity index (χ3v) is 4.03. The van der Waals surface area contributed by atoms with Crippen molar-refractivity contribution in [3.8, 4) is 0 Å². The molecule has 0 aromatic carbocycles. The molecule has 9 heteroatoms. The Kier molecular flexibility index (Phi) is 3.28. The van der Waals surface area contributed by atoms with Crippen LogP contribution >= 0.6 is 11.6 Å². The van der Waals surface area contributed by atoms with Gasteiger partial charge >= 0.3 is 0 Å². The minimum Gasteiger partial charge on any atom is -0.394 e. The van der Waals surface area contributed by atoms with Crippen molar-refractivity contribution in [3.05, 3.63) is 17.5 Å². The molecule has 114 valence electrons. The van der Waals surface area contributed by atoms with Gasteiger partial charge in [-0.2, -0.15) is 0 Å². The lowest BCUT2D eigenvalue weighted by atomic mass is 9.98. The summed E-state index contributed by atoms with van der Waals surface area (Å²) in [7, 11) is 0. The molecular formula is C12H14ClFN4O3. The predicted octanol–water partition coefficient (Wildman–Crippen LogP) is 0.646. The number of rotatable bonds is 2. The van der Waals surface area contributed by atoms with Crippen LogP contribution in [0.5, 0.6) is 0 Å². The van der Waals surface area contributed by atoms with Gasteiger partial charge in [-0.3, -0.25) is 0 Å². The number of aliphatic hydroxyl groups is 2. The number of alkyl halides is 1. The van der Waals surface area contributed by atoms with Crippen molar-refractivity contribution in [2.75, 3.05) is 12.3 Å². The molecule has 3 rings (SSSR count). The summed E-state index contributed by atoms with van der Waals surface area (Å²) in [5.74, 6) is 0.168. The van der Waals surface area contributed by atoms with Gasteiger partial charge in [-0.1, -0.05) is 11.6 Å². The number of aromatic nitrogens is 3. The second kappa shape index (κ2) is 4.77. The van der Waals surface area contributed by atoms with Gasteiger partial charge in [0, 0.05) is 6.20 Å². The van der Waals surface area contributed by atoms with Gasteiger partial charge in [-0.25, -0.2) is 14.4 Å². The van der Waals surface area contributed by atoms with E-state index in [1.165, 1.54) is 24.0 Å². The minimum atomic E-state index is -2.12. The summed E-state index contributed by atoms with van der Waals surface area (Å²) in [6.45, 7) is 0.698. The van der Waals surface area contributed by atoms with Crippen LogP contribution in [-0.4, -0.2) is 49.2 Å². The summed E-state index contributed by atoms with van der Waals surface area (Å²) >= 11 is 6.09. The molecule has 1 fully saturated rings. The minimum absolute atomic E-state index is 0.168. The first-order valence-electron chi connectivity index (χ1n) is 6.27. The van der Waals surface area contributed by atoms with Crippen LogP contribution in [0.2, 0.25) is 5.02 Å². The van der Waals surface area contributed by atoms with E-state index in [0.717, 1.165) is 0 Å². The monoisotopic (exact) mass is 316 g/mol. The zero-order valence-electron chi connectivity index (χ0n) is 11.1. The fourth-order valence-corrected chi connectivity index (χ4v) is 2.89. The topological polar surface area (TPSA) is 106 Å². The van der Waals surface area contributed by atoms with Crippen molar-refractivity contribution >= 4 is 28.5 Å². The van der Waals surface area contributed by atoms with Crippen LogP contribution in [0.4, 0.5) is 10.2 Å². The van der Waals surface area contributed by atoms with Gasteiger partial charge < -0.3 is 25.3 Å². The summed E-state index contributed by atoms with van der Waals surface area (Å²) in [5.41, 5.74) is 3.92. The van der Waals surface area contributed by atoms with Gasteiger partial charge in [-0.15, -0.1) is 0 Å². The van der Waals surface area contributed by atoms with E-state index < -0.39 is 30.7 Å². The van der Waals surface area contributed by atoms with Gasteiger partial charge in [0.05, 0.1) is 17.0 Å². The van der Waals surface area contributed by atoms with Crippen LogP contribution in [0.1, 0.15) is 13.2 Å². The number of hydrogen-bond acceptors (Lipinski definition) is 6. The number of anilines is 1. The fraction of sp³-hybridized carbons (Fsp3) is 0.500. The quantitative estimate of drug-likeness (QED) is 0.751. The average Bonchev–Trinajstić information content (AvgIpc) is 2.87. The highest BCUT2D eigenvalue weighted by Crippen LogP contribution is 2.43. The Morgan fingerprint density at radius 3 is 2.90 bits per heavy atom. The summed E-state index contributed by atoms with van der Waals surface area (Å²) in [6.07, 6.45) is -1.03. The van der Waals surface area contributed by atoms with E-state index in [0.29, 0.717) is 11.0 Å². The number of fused-ring (bicyclic) bond motifs is 1. The second-order valence-electron chi connectivity index (χ2n) is 5.15. The lowest BCUT2D eigenvalue weighted by Crippen LogP contribution is -2.40. The third kappa shape index (κ3) is 1.98. The smallest absolute Gasteiger partial charge is 0.181 e. The summed E-state index contributed by atoms with van der Waals surface area (Å²) in [4.78, 5) is 7.88. The van der Waals surface area contributed by atoms with Crippen molar-refractivity contribution in [1.29, 1.82) is 0 Å². The molecule has 21 heavy (non-hydrogen) atoms. The molecule has 2 aromatic heterocycles. The lowest BCUT2D eigenvalue weighted by Gasteiger charge is -2.25. The number of aliphatic hydroxyl groups excluding tert-OH is 2. The first-order valence-corrected chi connectivity index (χ1v) is 6.65. The molecule has 4 atom stereocenters. The van der Waals surface area contributed by atoms with Crippen molar-refractivity contribution in [1.82, 2.24) is 14.5 Å². The maximum absolute atomic E-state index is 14.8. The van der Waals surface area contributed by atoms with Crippen molar-refractivity contribution in [2.45, 2.75) is 31.0 Å². The predicted molar refractivity (Wildman–Crippen MR) is 73.5 cm³/mol. The summed E-state index contributed by atoms with van der Waals surface area (Å²) in [5, 5.41) is 19.7. The molecule has 1 saturated heterocycles. The van der Waals surface area contributed by atoms with E-state index in [4.69, 9.17) is 27.2 Å². The Morgan fingerprint density at radius 1 is 1.57 bits per heavy atom. The molecule has 1 aliphatic rings. The molecule has 0 aliphatic carbocycles. The van der Waals surface area contributed by atoms with Crippen molar-refractivity contribution in [3.63, 3.8) is 0 Å². The molecule has 1 aliphatic heterocycles. The van der Waals surface area contributed by atoms with Gasteiger partial charge in [0.15, 0.2) is 11.9 Å². The Bertz CT molecular complexity index is 692. The Balaban J connectivity index is 2.15. The Hall–Kier alpha value is -1.48.